The number of hydrogen-bond acceptors (Lipinski definition) is 7. The summed E-state index contributed by atoms with van der Waals surface area (Å²) in [5, 5.41) is 13.5. The molecular weight excluding hydrogens is 394 g/mol. The first-order valence-electron chi connectivity index (χ1n) is 9.70. The number of nitrogens with one attached hydrogen (secondary N) is 1. The zero-order valence-corrected chi connectivity index (χ0v) is 17.5. The Morgan fingerprint density at radius 1 is 1.20 bits per heavy atom. The first-order chi connectivity index (χ1) is 14.0. The van der Waals surface area contributed by atoms with Crippen LogP contribution < -0.4 is 5.32 Å². The molecule has 10 nitrogen and oxygen atoms in total. The summed E-state index contributed by atoms with van der Waals surface area (Å²) in [6.07, 6.45) is -0.750. The summed E-state index contributed by atoms with van der Waals surface area (Å²) in [5.74, 6) is -1.64. The van der Waals surface area contributed by atoms with Gasteiger partial charge in [0.2, 0.25) is 0 Å². The fourth-order valence-corrected chi connectivity index (χ4v) is 2.92. The van der Waals surface area contributed by atoms with Gasteiger partial charge in [-0.15, -0.1) is 0 Å². The largest absolute Gasteiger partial charge is 0.452 e. The van der Waals surface area contributed by atoms with Crippen molar-refractivity contribution in [3.05, 3.63) is 34.4 Å². The molecule has 0 aliphatic carbocycles. The summed E-state index contributed by atoms with van der Waals surface area (Å²) in [7, 11) is 0. The molecule has 1 fully saturated rings. The molecule has 30 heavy (non-hydrogen) atoms. The summed E-state index contributed by atoms with van der Waals surface area (Å²) in [6.45, 7) is 7.46. The summed E-state index contributed by atoms with van der Waals surface area (Å²) < 4.78 is 10.6. The van der Waals surface area contributed by atoms with E-state index in [1.807, 2.05) is 0 Å². The molecule has 164 valence electrons. The molecule has 1 aliphatic heterocycles. The van der Waals surface area contributed by atoms with Crippen LogP contribution in [0.5, 0.6) is 0 Å². The maximum Gasteiger partial charge on any atom is 0.410 e. The highest BCUT2D eigenvalue weighted by atomic mass is 16.6. The second-order valence-electron chi connectivity index (χ2n) is 8.08. The number of carbonyl (C=O) groups excluding carboxylic acids is 3. The van der Waals surface area contributed by atoms with Crippen molar-refractivity contribution in [2.24, 2.45) is 5.92 Å². The molecular formula is C20H27N3O7. The normalized spacial score (nSPS) is 15.8. The van der Waals surface area contributed by atoms with Crippen LogP contribution in [0.15, 0.2) is 24.3 Å². The van der Waals surface area contributed by atoms with Gasteiger partial charge in [0, 0.05) is 19.2 Å². The molecule has 1 aromatic rings. The standard InChI is InChI=1S/C20H27N3O7/c1-13(17(24)21-15-7-5-6-8-16(15)23(27)28)29-18(25)14-9-11-22(12-10-14)19(26)30-20(2,3)4/h5-8,13-14H,9-12H2,1-4H3,(H,21,24)/t13-/m1/s1. The number of nitrogens with zero attached hydrogens (tertiary/aromatic N) is 2. The molecule has 1 atom stereocenters. The number of rotatable bonds is 5. The zero-order valence-electron chi connectivity index (χ0n) is 17.5. The average molecular weight is 421 g/mol. The Morgan fingerprint density at radius 2 is 1.80 bits per heavy atom. The minimum atomic E-state index is -1.12. The number of nitro groups is 1. The van der Waals surface area contributed by atoms with Crippen LogP contribution in [0.4, 0.5) is 16.2 Å². The second kappa shape index (κ2) is 9.55. The van der Waals surface area contributed by atoms with Gasteiger partial charge in [0.25, 0.3) is 11.6 Å². The topological polar surface area (TPSA) is 128 Å². The Kier molecular flexibility index (Phi) is 7.36. The van der Waals surface area contributed by atoms with Gasteiger partial charge in [-0.1, -0.05) is 12.1 Å². The predicted octanol–water partition coefficient (Wildman–Crippen LogP) is 3.11. The van der Waals surface area contributed by atoms with E-state index in [9.17, 15) is 24.5 Å². The Bertz CT molecular complexity index is 811. The molecule has 10 heteroatoms. The molecule has 0 bridgehead atoms. The van der Waals surface area contributed by atoms with Crippen molar-refractivity contribution in [3.8, 4) is 0 Å². The van der Waals surface area contributed by atoms with Crippen LogP contribution in [0, 0.1) is 16.0 Å². The van der Waals surface area contributed by atoms with E-state index >= 15 is 0 Å². The van der Waals surface area contributed by atoms with Gasteiger partial charge in [-0.05, 0) is 46.6 Å². The smallest absolute Gasteiger partial charge is 0.410 e. The molecule has 1 N–H and O–H groups in total. The van der Waals surface area contributed by atoms with Crippen molar-refractivity contribution in [1.29, 1.82) is 0 Å². The van der Waals surface area contributed by atoms with Crippen LogP contribution in [-0.4, -0.2) is 52.6 Å². The summed E-state index contributed by atoms with van der Waals surface area (Å²) in [5.41, 5.74) is -0.816. The van der Waals surface area contributed by atoms with Gasteiger partial charge in [-0.2, -0.15) is 0 Å². The molecule has 0 saturated carbocycles. The molecule has 2 rings (SSSR count). The fourth-order valence-electron chi connectivity index (χ4n) is 2.92. The molecule has 1 saturated heterocycles. The summed E-state index contributed by atoms with van der Waals surface area (Å²) >= 11 is 0. The molecule has 0 aromatic heterocycles. The van der Waals surface area contributed by atoms with Gasteiger partial charge in [0.15, 0.2) is 6.10 Å². The number of nitro benzene ring substituents is 1. The SMILES string of the molecule is C[C@@H](OC(=O)C1CCN(C(=O)OC(C)(C)C)CC1)C(=O)Nc1ccccc1[N+](=O)[O-]. The lowest BCUT2D eigenvalue weighted by atomic mass is 9.97. The van der Waals surface area contributed by atoms with E-state index in [-0.39, 0.29) is 11.4 Å². The Balaban J connectivity index is 1.86. The molecule has 0 unspecified atom stereocenters. The second-order valence-corrected chi connectivity index (χ2v) is 8.08. The number of esters is 1. The zero-order chi connectivity index (χ0) is 22.5. The number of hydrogen-bond donors (Lipinski definition) is 1. The van der Waals surface area contributed by atoms with Crippen LogP contribution in [-0.2, 0) is 19.1 Å². The van der Waals surface area contributed by atoms with Gasteiger partial charge in [-0.25, -0.2) is 4.79 Å². The number of para-hydroxylation sites is 2. The van der Waals surface area contributed by atoms with Crippen LogP contribution in [0.3, 0.4) is 0 Å². The number of piperidine rings is 1. The summed E-state index contributed by atoms with van der Waals surface area (Å²) in [6, 6.07) is 5.71. The highest BCUT2D eigenvalue weighted by Crippen LogP contribution is 2.24. The van der Waals surface area contributed by atoms with Crippen molar-refractivity contribution in [1.82, 2.24) is 4.90 Å². The third-order valence-corrected chi connectivity index (χ3v) is 4.50. The molecule has 1 aliphatic rings. The van der Waals surface area contributed by atoms with E-state index in [2.05, 4.69) is 5.32 Å². The lowest BCUT2D eigenvalue weighted by Gasteiger charge is -2.32. The first-order valence-corrected chi connectivity index (χ1v) is 9.70. The maximum absolute atomic E-state index is 12.4. The van der Waals surface area contributed by atoms with E-state index in [0.29, 0.717) is 25.9 Å². The van der Waals surface area contributed by atoms with E-state index in [1.165, 1.54) is 25.1 Å². The Morgan fingerprint density at radius 3 is 2.37 bits per heavy atom. The minimum Gasteiger partial charge on any atom is -0.452 e. The number of benzene rings is 1. The molecule has 0 radical (unpaired) electrons. The molecule has 1 aromatic carbocycles. The van der Waals surface area contributed by atoms with Crippen molar-refractivity contribution in [3.63, 3.8) is 0 Å². The van der Waals surface area contributed by atoms with Crippen molar-refractivity contribution in [2.75, 3.05) is 18.4 Å². The van der Waals surface area contributed by atoms with Crippen LogP contribution in [0.1, 0.15) is 40.5 Å². The highest BCUT2D eigenvalue weighted by molar-refractivity contribution is 5.97. The monoisotopic (exact) mass is 421 g/mol. The van der Waals surface area contributed by atoms with E-state index in [1.54, 1.807) is 31.7 Å². The Labute approximate surface area is 174 Å². The number of likely N-dealkylation sites (tertiary alicyclic amines) is 1. The lowest BCUT2D eigenvalue weighted by Crippen LogP contribution is -2.43. The fraction of sp³-hybridized carbons (Fsp3) is 0.550. The average Bonchev–Trinajstić information content (AvgIpc) is 2.66. The van der Waals surface area contributed by atoms with E-state index in [4.69, 9.17) is 9.47 Å². The Hall–Kier alpha value is -3.17. The molecule has 1 heterocycles. The van der Waals surface area contributed by atoms with Crippen LogP contribution >= 0.6 is 0 Å². The predicted molar refractivity (Wildman–Crippen MR) is 108 cm³/mol. The van der Waals surface area contributed by atoms with Gasteiger partial charge in [-0.3, -0.25) is 19.7 Å². The molecule has 0 spiro atoms. The van der Waals surface area contributed by atoms with Crippen LogP contribution in [0.2, 0.25) is 0 Å². The number of carbonyl (C=O) groups is 3. The van der Waals surface area contributed by atoms with E-state index < -0.39 is 40.5 Å². The summed E-state index contributed by atoms with van der Waals surface area (Å²) in [4.78, 5) is 48.8. The van der Waals surface area contributed by atoms with Gasteiger partial charge < -0.3 is 19.7 Å². The maximum atomic E-state index is 12.4. The minimum absolute atomic E-state index is 0.0288. The van der Waals surface area contributed by atoms with Crippen molar-refractivity contribution in [2.45, 2.75) is 52.2 Å². The van der Waals surface area contributed by atoms with Gasteiger partial charge in [0.05, 0.1) is 10.8 Å². The van der Waals surface area contributed by atoms with Crippen molar-refractivity contribution < 1.29 is 28.8 Å². The quantitative estimate of drug-likeness (QED) is 0.439. The first kappa shape index (κ1) is 23.1. The van der Waals surface area contributed by atoms with Gasteiger partial charge in [0.1, 0.15) is 11.3 Å². The van der Waals surface area contributed by atoms with Crippen LogP contribution in [0.25, 0.3) is 0 Å². The number of ether oxygens (including phenoxy) is 2. The van der Waals surface area contributed by atoms with Gasteiger partial charge >= 0.3 is 12.1 Å². The van der Waals surface area contributed by atoms with E-state index in [0.717, 1.165) is 0 Å². The molecule has 2 amide bonds. The third-order valence-electron chi connectivity index (χ3n) is 4.50. The van der Waals surface area contributed by atoms with Crippen molar-refractivity contribution >= 4 is 29.3 Å². The highest BCUT2D eigenvalue weighted by Gasteiger charge is 2.32. The lowest BCUT2D eigenvalue weighted by molar-refractivity contribution is -0.383. The number of anilines is 1. The number of amides is 2. The third kappa shape index (κ3) is 6.43.